The van der Waals surface area contributed by atoms with Crippen LogP contribution in [0.1, 0.15) is 78.9 Å². The second-order valence-electron chi connectivity index (χ2n) is 17.2. The Bertz CT molecular complexity index is 3660. The number of allylic oxidation sites excluding steroid dienone is 2. The summed E-state index contributed by atoms with van der Waals surface area (Å²) >= 11 is 0. The summed E-state index contributed by atoms with van der Waals surface area (Å²) in [4.78, 5) is 5.36. The largest absolute Gasteiger partial charge is 0.434 e. The van der Waals surface area contributed by atoms with Crippen molar-refractivity contribution in [3.8, 4) is 35.8 Å². The van der Waals surface area contributed by atoms with E-state index < -0.39 is 6.85 Å². The lowest BCUT2D eigenvalue weighted by molar-refractivity contribution is 1.05. The van der Waals surface area contributed by atoms with Gasteiger partial charge in [0.25, 0.3) is 0 Å². The molecular formula is C61H45BN2. The molecule has 0 bridgehead atoms. The van der Waals surface area contributed by atoms with E-state index in [1.807, 2.05) is 12.1 Å². The van der Waals surface area contributed by atoms with Gasteiger partial charge in [-0.05, 0) is 157 Å². The third kappa shape index (κ3) is 5.99. The van der Waals surface area contributed by atoms with Crippen molar-refractivity contribution in [2.24, 2.45) is 4.99 Å². The number of hydrogen-bond acceptors (Lipinski definition) is 1. The molecule has 1 aliphatic rings. The maximum atomic E-state index is 5.91. The van der Waals surface area contributed by atoms with Crippen LogP contribution in [0, 0.1) is 49.7 Å². The number of aromatic nitrogens is 1. The molecule has 0 unspecified atom stereocenters. The molecular weight excluding hydrogens is 771 g/mol. The molecule has 3 heteroatoms. The average molecular weight is 817 g/mol. The van der Waals surface area contributed by atoms with Gasteiger partial charge in [0.15, 0.2) is 0 Å². The van der Waals surface area contributed by atoms with E-state index in [0.29, 0.717) is 0 Å². The molecule has 2 nitrogen and oxygen atoms in total. The molecule has 0 fully saturated rings. The molecule has 0 radical (unpaired) electrons. The number of aliphatic imine (C=N–C) groups is 1. The van der Waals surface area contributed by atoms with Crippen LogP contribution < -0.4 is 0 Å². The average Bonchev–Trinajstić information content (AvgIpc) is 3.75. The Labute approximate surface area is 375 Å². The van der Waals surface area contributed by atoms with Crippen LogP contribution in [0.3, 0.4) is 0 Å². The first-order chi connectivity index (χ1) is 31.3. The summed E-state index contributed by atoms with van der Waals surface area (Å²) in [5, 5.41) is 14.8. The van der Waals surface area contributed by atoms with Crippen LogP contribution in [0.2, 0.25) is 0 Å². The Kier molecular flexibility index (Phi) is 9.32. The van der Waals surface area contributed by atoms with Gasteiger partial charge in [-0.3, -0.25) is 4.99 Å². The fourth-order valence-electron chi connectivity index (χ4n) is 10.8. The summed E-state index contributed by atoms with van der Waals surface area (Å²) in [5.41, 5.74) is 14.3. The molecule has 2 heterocycles. The van der Waals surface area contributed by atoms with Crippen molar-refractivity contribution in [2.45, 2.75) is 54.4 Å². The van der Waals surface area contributed by atoms with Crippen molar-refractivity contribution >= 4 is 82.8 Å². The van der Waals surface area contributed by atoms with E-state index in [0.717, 1.165) is 74.2 Å². The minimum absolute atomic E-state index is 0.520. The van der Waals surface area contributed by atoms with E-state index in [-0.39, 0.29) is 0 Å². The Balaban J connectivity index is 1.20. The van der Waals surface area contributed by atoms with E-state index in [1.165, 1.54) is 76.1 Å². The zero-order valence-corrected chi connectivity index (χ0v) is 37.2. The third-order valence-electron chi connectivity index (χ3n) is 13.9. The number of terminal acetylenes is 1. The number of nitrogens with zero attached hydrogens (tertiary/aromatic N) is 2. The van der Waals surface area contributed by atoms with Gasteiger partial charge in [0.2, 0.25) is 0 Å². The third-order valence-corrected chi connectivity index (χ3v) is 13.9. The molecule has 0 N–H and O–H groups in total. The van der Waals surface area contributed by atoms with Crippen molar-refractivity contribution in [3.05, 3.63) is 195 Å². The van der Waals surface area contributed by atoms with Crippen molar-refractivity contribution in [1.82, 2.24) is 4.48 Å². The molecule has 0 amide bonds. The van der Waals surface area contributed by atoms with Crippen molar-refractivity contribution < 1.29 is 0 Å². The van der Waals surface area contributed by atoms with Crippen LogP contribution >= 0.6 is 0 Å². The molecule has 0 atom stereocenters. The summed E-state index contributed by atoms with van der Waals surface area (Å²) in [6, 6.07) is 48.2. The smallest absolute Gasteiger partial charge is 0.366 e. The maximum Gasteiger partial charge on any atom is 0.434 e. The monoisotopic (exact) mass is 816 g/mol. The molecule has 1 aliphatic heterocycles. The van der Waals surface area contributed by atoms with Gasteiger partial charge in [-0.15, -0.1) is 18.1 Å². The van der Waals surface area contributed by atoms with Crippen LogP contribution in [-0.4, -0.2) is 17.0 Å². The minimum atomic E-state index is -0.520. The molecule has 64 heavy (non-hydrogen) atoms. The van der Waals surface area contributed by atoms with E-state index in [1.54, 1.807) is 0 Å². The highest BCUT2D eigenvalue weighted by Gasteiger charge is 2.31. The van der Waals surface area contributed by atoms with Crippen molar-refractivity contribution in [1.29, 1.82) is 0 Å². The molecule has 1 aromatic heterocycles. The fourth-order valence-corrected chi connectivity index (χ4v) is 10.8. The molecule has 11 rings (SSSR count). The van der Waals surface area contributed by atoms with Gasteiger partial charge in [0.1, 0.15) is 0 Å². The molecule has 0 saturated heterocycles. The van der Waals surface area contributed by atoms with E-state index in [4.69, 9.17) is 11.4 Å². The van der Waals surface area contributed by atoms with Crippen LogP contribution in [0.25, 0.3) is 70.2 Å². The summed E-state index contributed by atoms with van der Waals surface area (Å²) in [5.74, 6) is 18.0. The summed E-state index contributed by atoms with van der Waals surface area (Å²) in [7, 11) is 0. The van der Waals surface area contributed by atoms with Gasteiger partial charge in [-0.25, -0.2) is 0 Å². The zero-order chi connectivity index (χ0) is 43.8. The van der Waals surface area contributed by atoms with Crippen LogP contribution in [0.4, 0.5) is 0 Å². The minimum Gasteiger partial charge on any atom is -0.366 e. The number of hydrogen-bond donors (Lipinski definition) is 0. The molecule has 10 aromatic rings. The molecule has 9 aromatic carbocycles. The first kappa shape index (κ1) is 39.1. The Hall–Kier alpha value is -7.77. The molecule has 0 aliphatic carbocycles. The van der Waals surface area contributed by atoms with Gasteiger partial charge < -0.3 is 4.48 Å². The van der Waals surface area contributed by atoms with Gasteiger partial charge in [0, 0.05) is 39.4 Å². The van der Waals surface area contributed by atoms with Gasteiger partial charge in [-0.2, -0.15) is 0 Å². The van der Waals surface area contributed by atoms with Crippen LogP contribution in [-0.2, 0) is 6.42 Å². The first-order valence-corrected chi connectivity index (χ1v) is 22.4. The lowest BCUT2D eigenvalue weighted by Crippen LogP contribution is -2.26. The standard InChI is InChI=1S/C61H45BN2/c1-8-41-17-19-50(20-18-41)59(60-37(4)51(9-2)39(6)63-60)61-38(5)52(10-3)40(7)64(61)62(35-33-42-21-23-48-27-25-44-13-11-15-46-29-31-53(42)57(48)55(44)46)36-34-43-22-24-49-28-26-45-14-12-16-47-30-32-54(43)58(49)56(45)47/h1,11-32H,9-10H2,2-7H3/b60-59-. The van der Waals surface area contributed by atoms with E-state index in [2.05, 4.69) is 197 Å². The van der Waals surface area contributed by atoms with E-state index >= 15 is 0 Å². The Morgan fingerprint density at radius 1 is 0.578 bits per heavy atom. The van der Waals surface area contributed by atoms with Gasteiger partial charge >= 0.3 is 6.85 Å². The summed E-state index contributed by atoms with van der Waals surface area (Å²) < 4.78 is 2.42. The predicted molar refractivity (Wildman–Crippen MR) is 275 cm³/mol. The lowest BCUT2D eigenvalue weighted by atomic mass is 9.62. The van der Waals surface area contributed by atoms with Crippen molar-refractivity contribution in [2.75, 3.05) is 0 Å². The number of benzene rings is 9. The summed E-state index contributed by atoms with van der Waals surface area (Å²) in [6.07, 6.45) is 7.68. The molecule has 0 saturated carbocycles. The highest BCUT2D eigenvalue weighted by atomic mass is 14.9. The SMILES string of the molecule is C#Cc1ccc(/C(=C2/N=C(C)C(CC)=C2C)c2c(C)c(CC)c(C)n2B(C#Cc2ccc3ccc4cccc5ccc2c3c45)C#Cc2ccc3ccc4cccc5ccc2c3c45)cc1. The second-order valence-corrected chi connectivity index (χ2v) is 17.2. The normalized spacial score (nSPS) is 13.5. The Morgan fingerprint density at radius 3 is 1.53 bits per heavy atom. The van der Waals surface area contributed by atoms with Gasteiger partial charge in [-0.1, -0.05) is 141 Å². The van der Waals surface area contributed by atoms with Crippen LogP contribution in [0.5, 0.6) is 0 Å². The van der Waals surface area contributed by atoms with Gasteiger partial charge in [0.05, 0.1) is 5.70 Å². The van der Waals surface area contributed by atoms with E-state index in [9.17, 15) is 0 Å². The topological polar surface area (TPSA) is 17.3 Å². The highest BCUT2D eigenvalue weighted by Crippen LogP contribution is 2.42. The van der Waals surface area contributed by atoms with Crippen molar-refractivity contribution in [3.63, 3.8) is 0 Å². The number of rotatable bonds is 5. The lowest BCUT2D eigenvalue weighted by Gasteiger charge is -2.19. The Morgan fingerprint density at radius 2 is 1.06 bits per heavy atom. The zero-order valence-electron chi connectivity index (χ0n) is 37.2. The quantitative estimate of drug-likeness (QED) is 0.0935. The predicted octanol–water partition coefficient (Wildman–Crippen LogP) is 14.4. The summed E-state index contributed by atoms with van der Waals surface area (Å²) in [6.45, 7) is 12.8. The first-order valence-electron chi connectivity index (χ1n) is 22.4. The molecule has 0 spiro atoms. The maximum absolute atomic E-state index is 5.91. The fraction of sp³-hybridized carbons (Fsp3) is 0.131. The molecule has 302 valence electrons. The highest BCUT2D eigenvalue weighted by molar-refractivity contribution is 6.74. The second kappa shape index (κ2) is 15.2. The van der Waals surface area contributed by atoms with Crippen LogP contribution in [0.15, 0.2) is 155 Å².